The van der Waals surface area contributed by atoms with Gasteiger partial charge in [0.1, 0.15) is 12.4 Å². The molecule has 1 aromatic heterocycles. The molecule has 2 rings (SSSR count). The number of benzene rings is 1. The lowest BCUT2D eigenvalue weighted by atomic mass is 10.0. The van der Waals surface area contributed by atoms with Crippen LogP contribution >= 0.6 is 0 Å². The Morgan fingerprint density at radius 3 is 2.91 bits per heavy atom. The van der Waals surface area contributed by atoms with Gasteiger partial charge in [0.05, 0.1) is 6.61 Å². The van der Waals surface area contributed by atoms with Crippen LogP contribution in [-0.4, -0.2) is 44.7 Å². The maximum atomic E-state index is 11.5. The third-order valence-electron chi connectivity index (χ3n) is 3.35. The number of carbonyl (C=O) groups is 1. The second kappa shape index (κ2) is 8.23. The normalized spacial score (nSPS) is 10.6. The molecule has 2 aromatic rings. The molecule has 0 unspecified atom stereocenters. The molecule has 0 aliphatic carbocycles. The van der Waals surface area contributed by atoms with Crippen molar-refractivity contribution < 1.29 is 14.6 Å². The first kappa shape index (κ1) is 16.1. The summed E-state index contributed by atoms with van der Waals surface area (Å²) in [6.07, 6.45) is 3.34. The number of tetrazole rings is 1. The molecule has 1 aromatic carbocycles. The number of carbonyl (C=O) groups excluding carboxylic acids is 1. The van der Waals surface area contributed by atoms with E-state index in [1.54, 1.807) is 18.2 Å². The number of ether oxygens (including phenoxy) is 1. The summed E-state index contributed by atoms with van der Waals surface area (Å²) in [6.45, 7) is 2.13. The van der Waals surface area contributed by atoms with E-state index in [1.165, 1.54) is 0 Å². The summed E-state index contributed by atoms with van der Waals surface area (Å²) in [6, 6.07) is 5.26. The van der Waals surface area contributed by atoms with Gasteiger partial charge in [-0.05, 0) is 43.0 Å². The molecule has 2 N–H and O–H groups in total. The van der Waals surface area contributed by atoms with Crippen molar-refractivity contribution in [3.8, 4) is 5.75 Å². The van der Waals surface area contributed by atoms with Crippen LogP contribution in [0, 0.1) is 0 Å². The van der Waals surface area contributed by atoms with Crippen LogP contribution in [0.25, 0.3) is 0 Å². The summed E-state index contributed by atoms with van der Waals surface area (Å²) in [5, 5.41) is 22.6. The maximum Gasteiger partial charge on any atom is 0.188 e. The molecule has 7 heteroatoms. The van der Waals surface area contributed by atoms with Crippen LogP contribution in [0.2, 0.25) is 0 Å². The Morgan fingerprint density at radius 1 is 1.36 bits per heavy atom. The Bertz CT molecular complexity index is 599. The zero-order valence-electron chi connectivity index (χ0n) is 12.6. The molecule has 0 aliphatic rings. The van der Waals surface area contributed by atoms with Gasteiger partial charge >= 0.3 is 0 Å². The minimum absolute atomic E-state index is 0.277. The average Bonchev–Trinajstić information content (AvgIpc) is 3.07. The molecule has 0 amide bonds. The number of rotatable bonds is 9. The highest BCUT2D eigenvalue weighted by molar-refractivity contribution is 5.97. The van der Waals surface area contributed by atoms with Crippen LogP contribution < -0.4 is 4.74 Å². The van der Waals surface area contributed by atoms with Gasteiger partial charge in [0, 0.05) is 12.0 Å². The number of hydrogen-bond donors (Lipinski definition) is 2. The smallest absolute Gasteiger partial charge is 0.188 e. The quantitative estimate of drug-likeness (QED) is 0.535. The minimum Gasteiger partial charge on any atom is -0.493 e. The summed E-state index contributed by atoms with van der Waals surface area (Å²) in [4.78, 5) is 11.5. The van der Waals surface area contributed by atoms with E-state index in [2.05, 4.69) is 20.6 Å². The Hall–Kier alpha value is -2.28. The number of unbranched alkanes of at least 4 members (excludes halogenated alkanes) is 1. The molecule has 22 heavy (non-hydrogen) atoms. The van der Waals surface area contributed by atoms with Gasteiger partial charge in [-0.1, -0.05) is 12.1 Å². The highest BCUT2D eigenvalue weighted by Crippen LogP contribution is 2.21. The van der Waals surface area contributed by atoms with Crippen LogP contribution in [-0.2, 0) is 12.8 Å². The lowest BCUT2D eigenvalue weighted by Gasteiger charge is -2.11. The van der Waals surface area contributed by atoms with E-state index in [-0.39, 0.29) is 5.78 Å². The van der Waals surface area contributed by atoms with E-state index >= 15 is 0 Å². The van der Waals surface area contributed by atoms with Crippen molar-refractivity contribution in [1.82, 2.24) is 20.6 Å². The van der Waals surface area contributed by atoms with Crippen molar-refractivity contribution in [1.29, 1.82) is 0 Å². The number of hydrogen-bond acceptors (Lipinski definition) is 6. The van der Waals surface area contributed by atoms with E-state index < -0.39 is 6.61 Å². The molecule has 0 atom stereocenters. The second-order valence-electron chi connectivity index (χ2n) is 4.89. The Kier molecular flexibility index (Phi) is 6.02. The second-order valence-corrected chi connectivity index (χ2v) is 4.89. The Balaban J connectivity index is 1.82. The van der Waals surface area contributed by atoms with Crippen LogP contribution in [0.4, 0.5) is 0 Å². The van der Waals surface area contributed by atoms with E-state index in [4.69, 9.17) is 9.84 Å². The van der Waals surface area contributed by atoms with Gasteiger partial charge in [-0.25, -0.2) is 0 Å². The molecule has 0 spiro atoms. The number of Topliss-reactive ketones (excluding diaryl/α,β-unsaturated/α-hetero) is 1. The molecule has 0 bridgehead atoms. The fourth-order valence-corrected chi connectivity index (χ4v) is 2.12. The van der Waals surface area contributed by atoms with Crippen LogP contribution in [0.15, 0.2) is 18.2 Å². The SMILES string of the molecule is CCc1cc(C(=O)CO)ccc1OCCCCc1nn[nH]n1. The van der Waals surface area contributed by atoms with Gasteiger partial charge < -0.3 is 9.84 Å². The number of aliphatic hydroxyl groups is 1. The first-order valence-electron chi connectivity index (χ1n) is 7.36. The molecular weight excluding hydrogens is 284 g/mol. The van der Waals surface area contributed by atoms with Gasteiger partial charge in [0.15, 0.2) is 11.6 Å². The van der Waals surface area contributed by atoms with Crippen molar-refractivity contribution in [2.24, 2.45) is 0 Å². The van der Waals surface area contributed by atoms with Crippen LogP contribution in [0.1, 0.15) is 41.5 Å². The fourth-order valence-electron chi connectivity index (χ4n) is 2.12. The van der Waals surface area contributed by atoms with Gasteiger partial charge in [-0.3, -0.25) is 4.79 Å². The molecule has 0 fully saturated rings. The van der Waals surface area contributed by atoms with E-state index in [0.717, 1.165) is 37.0 Å². The first-order chi connectivity index (χ1) is 10.7. The number of nitrogens with one attached hydrogen (secondary N) is 1. The lowest BCUT2D eigenvalue weighted by molar-refractivity contribution is 0.0903. The average molecular weight is 304 g/mol. The lowest BCUT2D eigenvalue weighted by Crippen LogP contribution is -2.06. The summed E-state index contributed by atoms with van der Waals surface area (Å²) < 4.78 is 5.78. The number of aromatic amines is 1. The van der Waals surface area contributed by atoms with E-state index in [9.17, 15) is 4.79 Å². The zero-order chi connectivity index (χ0) is 15.8. The highest BCUT2D eigenvalue weighted by atomic mass is 16.5. The number of H-pyrrole nitrogens is 1. The van der Waals surface area contributed by atoms with Gasteiger partial charge in [0.2, 0.25) is 0 Å². The van der Waals surface area contributed by atoms with Crippen molar-refractivity contribution in [3.05, 3.63) is 35.2 Å². The Morgan fingerprint density at radius 2 is 2.23 bits per heavy atom. The molecule has 0 saturated heterocycles. The monoisotopic (exact) mass is 304 g/mol. The van der Waals surface area contributed by atoms with Gasteiger partial charge in [0.25, 0.3) is 0 Å². The molecule has 118 valence electrons. The standard InChI is InChI=1S/C15H20N4O3/c1-2-11-9-12(13(21)10-20)6-7-14(11)22-8-4-3-5-15-16-18-19-17-15/h6-7,9,20H,2-5,8,10H2,1H3,(H,16,17,18,19). The van der Waals surface area contributed by atoms with Crippen molar-refractivity contribution >= 4 is 5.78 Å². The van der Waals surface area contributed by atoms with Crippen LogP contribution in [0.3, 0.4) is 0 Å². The van der Waals surface area contributed by atoms with Crippen LogP contribution in [0.5, 0.6) is 5.75 Å². The minimum atomic E-state index is -0.473. The number of nitrogens with zero attached hydrogens (tertiary/aromatic N) is 3. The molecule has 1 heterocycles. The Labute approximate surface area is 128 Å². The predicted molar refractivity (Wildman–Crippen MR) is 79.8 cm³/mol. The summed E-state index contributed by atoms with van der Waals surface area (Å²) in [5.74, 6) is 1.22. The van der Waals surface area contributed by atoms with Gasteiger partial charge in [-0.15, -0.1) is 10.2 Å². The summed E-state index contributed by atoms with van der Waals surface area (Å²) >= 11 is 0. The zero-order valence-corrected chi connectivity index (χ0v) is 12.6. The van der Waals surface area contributed by atoms with Crippen molar-refractivity contribution in [2.45, 2.75) is 32.6 Å². The van der Waals surface area contributed by atoms with E-state index in [1.807, 2.05) is 6.92 Å². The molecular formula is C15H20N4O3. The number of aromatic nitrogens is 4. The summed E-state index contributed by atoms with van der Waals surface area (Å²) in [5.41, 5.74) is 1.49. The summed E-state index contributed by atoms with van der Waals surface area (Å²) in [7, 11) is 0. The third-order valence-corrected chi connectivity index (χ3v) is 3.35. The van der Waals surface area contributed by atoms with E-state index in [0.29, 0.717) is 18.0 Å². The molecule has 0 radical (unpaired) electrons. The number of aliphatic hydroxyl groups excluding tert-OH is 1. The first-order valence-corrected chi connectivity index (χ1v) is 7.36. The molecule has 0 aliphatic heterocycles. The van der Waals surface area contributed by atoms with Gasteiger partial charge in [-0.2, -0.15) is 5.21 Å². The molecule has 7 nitrogen and oxygen atoms in total. The number of ketones is 1. The maximum absolute atomic E-state index is 11.5. The largest absolute Gasteiger partial charge is 0.493 e. The molecule has 0 saturated carbocycles. The third kappa shape index (κ3) is 4.36. The topological polar surface area (TPSA) is 101 Å². The highest BCUT2D eigenvalue weighted by Gasteiger charge is 2.09. The number of aryl methyl sites for hydroxylation is 2. The fraction of sp³-hybridized carbons (Fsp3) is 0.467. The predicted octanol–water partition coefficient (Wildman–Crippen LogP) is 1.34. The van der Waals surface area contributed by atoms with Crippen molar-refractivity contribution in [3.63, 3.8) is 0 Å². The van der Waals surface area contributed by atoms with Crippen molar-refractivity contribution in [2.75, 3.05) is 13.2 Å².